The number of nitrogens with two attached hydrogens (primary N) is 1. The van der Waals surface area contributed by atoms with Crippen LogP contribution in [0.2, 0.25) is 0 Å². The highest BCUT2D eigenvalue weighted by Gasteiger charge is 2.40. The average Bonchev–Trinajstić information content (AvgIpc) is 2.70. The van der Waals surface area contributed by atoms with Crippen molar-refractivity contribution in [3.63, 3.8) is 0 Å². The second-order valence-corrected chi connectivity index (χ2v) is 6.17. The van der Waals surface area contributed by atoms with Crippen molar-refractivity contribution in [3.05, 3.63) is 35.4 Å². The third-order valence-electron chi connectivity index (χ3n) is 4.84. The van der Waals surface area contributed by atoms with Gasteiger partial charge in [-0.2, -0.15) is 0 Å². The lowest BCUT2D eigenvalue weighted by molar-refractivity contribution is 0.00800. The van der Waals surface area contributed by atoms with Crippen LogP contribution in [0, 0.1) is 0 Å². The van der Waals surface area contributed by atoms with Gasteiger partial charge < -0.3 is 15.9 Å². The van der Waals surface area contributed by atoms with Gasteiger partial charge in [-0.05, 0) is 36.8 Å². The molecule has 2 aliphatic heterocycles. The summed E-state index contributed by atoms with van der Waals surface area (Å²) in [7, 11) is 0. The standard InChI is InChI=1S/C16H24N2O2/c17-9-11-1-3-12(4-2-11)16(20)10-18-13-5-6-14(18)8-15(19)7-13/h1-4,13-16,19-20H,5-10,17H2. The van der Waals surface area contributed by atoms with Crippen molar-refractivity contribution in [1.29, 1.82) is 0 Å². The zero-order chi connectivity index (χ0) is 14.1. The fourth-order valence-electron chi connectivity index (χ4n) is 3.72. The van der Waals surface area contributed by atoms with Crippen LogP contribution in [-0.2, 0) is 6.54 Å². The van der Waals surface area contributed by atoms with E-state index >= 15 is 0 Å². The molecular formula is C16H24N2O2. The molecule has 3 rings (SSSR count). The van der Waals surface area contributed by atoms with E-state index in [0.29, 0.717) is 25.2 Å². The first kappa shape index (κ1) is 14.0. The summed E-state index contributed by atoms with van der Waals surface area (Å²) in [5.74, 6) is 0. The fraction of sp³-hybridized carbons (Fsp3) is 0.625. The highest BCUT2D eigenvalue weighted by atomic mass is 16.3. The van der Waals surface area contributed by atoms with Gasteiger partial charge in [0.25, 0.3) is 0 Å². The van der Waals surface area contributed by atoms with Gasteiger partial charge in [0, 0.05) is 25.2 Å². The van der Waals surface area contributed by atoms with Crippen molar-refractivity contribution in [2.24, 2.45) is 5.73 Å². The predicted octanol–water partition coefficient (Wildman–Crippen LogP) is 1.17. The Bertz CT molecular complexity index is 434. The van der Waals surface area contributed by atoms with Crippen LogP contribution in [0.5, 0.6) is 0 Å². The zero-order valence-corrected chi connectivity index (χ0v) is 11.8. The molecule has 0 saturated carbocycles. The molecule has 1 aromatic carbocycles. The van der Waals surface area contributed by atoms with Crippen LogP contribution < -0.4 is 5.73 Å². The highest BCUT2D eigenvalue weighted by molar-refractivity contribution is 5.24. The molecule has 20 heavy (non-hydrogen) atoms. The molecule has 0 aliphatic carbocycles. The quantitative estimate of drug-likeness (QED) is 0.772. The molecule has 2 aliphatic rings. The van der Waals surface area contributed by atoms with Crippen LogP contribution in [0.15, 0.2) is 24.3 Å². The molecule has 1 aromatic rings. The zero-order valence-electron chi connectivity index (χ0n) is 11.8. The van der Waals surface area contributed by atoms with Gasteiger partial charge in [0.15, 0.2) is 0 Å². The minimum absolute atomic E-state index is 0.148. The van der Waals surface area contributed by atoms with Gasteiger partial charge in [0.2, 0.25) is 0 Å². The van der Waals surface area contributed by atoms with Crippen LogP contribution in [0.3, 0.4) is 0 Å². The predicted molar refractivity (Wildman–Crippen MR) is 78.1 cm³/mol. The number of rotatable bonds is 4. The van der Waals surface area contributed by atoms with E-state index in [9.17, 15) is 10.2 Å². The molecule has 2 heterocycles. The first-order chi connectivity index (χ1) is 9.67. The minimum atomic E-state index is -0.458. The summed E-state index contributed by atoms with van der Waals surface area (Å²) in [6, 6.07) is 8.78. The molecule has 0 amide bonds. The number of nitrogens with zero attached hydrogens (tertiary/aromatic N) is 1. The normalized spacial score (nSPS) is 31.4. The van der Waals surface area contributed by atoms with E-state index < -0.39 is 6.10 Å². The average molecular weight is 276 g/mol. The lowest BCUT2D eigenvalue weighted by atomic mass is 9.98. The van der Waals surface area contributed by atoms with Crippen LogP contribution in [0.25, 0.3) is 0 Å². The Morgan fingerprint density at radius 3 is 2.30 bits per heavy atom. The lowest BCUT2D eigenvalue weighted by Gasteiger charge is -2.38. The maximum Gasteiger partial charge on any atom is 0.0917 e. The van der Waals surface area contributed by atoms with Gasteiger partial charge in [-0.1, -0.05) is 24.3 Å². The monoisotopic (exact) mass is 276 g/mol. The molecule has 2 bridgehead atoms. The molecular weight excluding hydrogens is 252 g/mol. The molecule has 0 radical (unpaired) electrons. The van der Waals surface area contributed by atoms with Gasteiger partial charge in [-0.3, -0.25) is 4.90 Å². The number of aliphatic hydroxyl groups is 2. The largest absolute Gasteiger partial charge is 0.393 e. The maximum absolute atomic E-state index is 10.4. The van der Waals surface area contributed by atoms with Crippen molar-refractivity contribution in [3.8, 4) is 0 Å². The number of fused-ring (bicyclic) bond motifs is 2. The maximum atomic E-state index is 10.4. The Kier molecular flexibility index (Phi) is 4.08. The minimum Gasteiger partial charge on any atom is -0.393 e. The second-order valence-electron chi connectivity index (χ2n) is 6.17. The van der Waals surface area contributed by atoms with Crippen molar-refractivity contribution < 1.29 is 10.2 Å². The van der Waals surface area contributed by atoms with Crippen LogP contribution in [0.4, 0.5) is 0 Å². The number of hydrogen-bond donors (Lipinski definition) is 3. The van der Waals surface area contributed by atoms with E-state index in [1.54, 1.807) is 0 Å². The van der Waals surface area contributed by atoms with E-state index in [0.717, 1.165) is 36.8 Å². The first-order valence-electron chi connectivity index (χ1n) is 7.58. The Balaban J connectivity index is 1.65. The summed E-state index contributed by atoms with van der Waals surface area (Å²) in [6.45, 7) is 1.20. The number of aliphatic hydroxyl groups excluding tert-OH is 2. The molecule has 3 unspecified atom stereocenters. The summed E-state index contributed by atoms with van der Waals surface area (Å²) < 4.78 is 0. The second kappa shape index (κ2) is 5.82. The van der Waals surface area contributed by atoms with Crippen molar-refractivity contribution in [2.45, 2.75) is 56.5 Å². The topological polar surface area (TPSA) is 69.7 Å². The molecule has 2 saturated heterocycles. The third-order valence-corrected chi connectivity index (χ3v) is 4.84. The van der Waals surface area contributed by atoms with E-state index in [2.05, 4.69) is 4.90 Å². The summed E-state index contributed by atoms with van der Waals surface area (Å²) in [4.78, 5) is 2.40. The molecule has 0 aromatic heterocycles. The van der Waals surface area contributed by atoms with E-state index in [4.69, 9.17) is 5.73 Å². The Morgan fingerprint density at radius 2 is 1.75 bits per heavy atom. The summed E-state index contributed by atoms with van der Waals surface area (Å²) in [5.41, 5.74) is 7.63. The van der Waals surface area contributed by atoms with E-state index in [1.807, 2.05) is 24.3 Å². The van der Waals surface area contributed by atoms with Gasteiger partial charge in [0.05, 0.1) is 12.2 Å². The molecule has 3 atom stereocenters. The van der Waals surface area contributed by atoms with E-state index in [1.165, 1.54) is 0 Å². The molecule has 4 heteroatoms. The van der Waals surface area contributed by atoms with Crippen LogP contribution in [0.1, 0.15) is 42.9 Å². The fourth-order valence-corrected chi connectivity index (χ4v) is 3.72. The molecule has 4 nitrogen and oxygen atoms in total. The SMILES string of the molecule is NCc1ccc(C(O)CN2C3CCC2CC(O)C3)cc1. The van der Waals surface area contributed by atoms with Crippen molar-refractivity contribution in [2.75, 3.05) is 6.54 Å². The summed E-state index contributed by atoms with van der Waals surface area (Å²) in [6.07, 6.45) is 3.41. The molecule has 4 N–H and O–H groups in total. The molecule has 0 spiro atoms. The molecule has 110 valence electrons. The smallest absolute Gasteiger partial charge is 0.0917 e. The molecule has 2 fully saturated rings. The van der Waals surface area contributed by atoms with Gasteiger partial charge in [-0.25, -0.2) is 0 Å². The van der Waals surface area contributed by atoms with Gasteiger partial charge in [-0.15, -0.1) is 0 Å². The van der Waals surface area contributed by atoms with E-state index in [-0.39, 0.29) is 6.10 Å². The third kappa shape index (κ3) is 2.74. The Morgan fingerprint density at radius 1 is 1.15 bits per heavy atom. The van der Waals surface area contributed by atoms with Crippen molar-refractivity contribution >= 4 is 0 Å². The van der Waals surface area contributed by atoms with Crippen molar-refractivity contribution in [1.82, 2.24) is 4.90 Å². The Hall–Kier alpha value is -0.940. The highest BCUT2D eigenvalue weighted by Crippen LogP contribution is 2.36. The lowest BCUT2D eigenvalue weighted by Crippen LogP contribution is -2.46. The summed E-state index contributed by atoms with van der Waals surface area (Å²) in [5, 5.41) is 20.2. The van der Waals surface area contributed by atoms with Gasteiger partial charge in [0.1, 0.15) is 0 Å². The summed E-state index contributed by atoms with van der Waals surface area (Å²) >= 11 is 0. The first-order valence-corrected chi connectivity index (χ1v) is 7.58. The van der Waals surface area contributed by atoms with Crippen LogP contribution >= 0.6 is 0 Å². The number of hydrogen-bond acceptors (Lipinski definition) is 4. The Labute approximate surface area is 120 Å². The number of benzene rings is 1. The van der Waals surface area contributed by atoms with Crippen LogP contribution in [-0.4, -0.2) is 39.8 Å². The number of piperidine rings is 1. The van der Waals surface area contributed by atoms with Gasteiger partial charge >= 0.3 is 0 Å².